The predicted octanol–water partition coefficient (Wildman–Crippen LogP) is -0.696. The third kappa shape index (κ3) is 59.6. The summed E-state index contributed by atoms with van der Waals surface area (Å²) in [7, 11) is 0. The van der Waals surface area contributed by atoms with Gasteiger partial charge in [-0.25, -0.2) is 4.79 Å². The molecule has 0 aromatic heterocycles. The summed E-state index contributed by atoms with van der Waals surface area (Å²) in [6.45, 7) is 0. The van der Waals surface area contributed by atoms with Crippen LogP contribution in [0, 0.1) is 0 Å². The fraction of sp³-hybridized carbons (Fsp3) is 0. The number of hydrogen-bond acceptors (Lipinski definition) is 1. The molecule has 0 saturated heterocycles. The molecule has 0 aliphatic rings. The normalized spacial score (nSPS) is 4.00. The van der Waals surface area contributed by atoms with Crippen LogP contribution >= 0.6 is 0 Å². The Balaban J connectivity index is -0.0000000450. The quantitative estimate of drug-likeness (QED) is 0.582. The molecule has 0 rings (SSSR count). The molecule has 5 heteroatoms. The number of hydrogen-bond donors (Lipinski definition) is 2. The van der Waals surface area contributed by atoms with Crippen LogP contribution in [0.3, 0.4) is 0 Å². The Morgan fingerprint density at radius 2 is 1.33 bits per heavy atom. The molecule has 0 heterocycles. The predicted molar refractivity (Wildman–Crippen MR) is 19.2 cm³/mol. The van der Waals surface area contributed by atoms with Crippen LogP contribution in [-0.2, 0) is 22.4 Å². The minimum atomic E-state index is -1.83. The van der Waals surface area contributed by atoms with Crippen molar-refractivity contribution < 1.29 is 37.4 Å². The number of carboxylic acid groups (broad SMARTS) is 2. The zero-order valence-corrected chi connectivity index (χ0v) is 4.27. The van der Waals surface area contributed by atoms with Crippen molar-refractivity contribution >= 4 is 43.9 Å². The first kappa shape index (κ1) is 15.7. The molecule has 0 aliphatic carbocycles. The van der Waals surface area contributed by atoms with Crippen LogP contribution in [0.25, 0.3) is 0 Å². The van der Waals surface area contributed by atoms with Crippen molar-refractivity contribution in [1.82, 2.24) is 0 Å². The topological polar surface area (TPSA) is 57.5 Å². The first-order valence-electron chi connectivity index (χ1n) is 0.651. The van der Waals surface area contributed by atoms with Gasteiger partial charge in [0.15, 0.2) is 0 Å². The molecule has 3 nitrogen and oxygen atoms in total. The van der Waals surface area contributed by atoms with Crippen LogP contribution in [0.2, 0.25) is 0 Å². The van der Waals surface area contributed by atoms with Crippen molar-refractivity contribution in [1.29, 1.82) is 0 Å². The SMILES string of the molecule is O=C(O)O.[Au].[CaH2]. The molecule has 0 aliphatic heterocycles. The molecule has 0 saturated carbocycles. The van der Waals surface area contributed by atoms with Gasteiger partial charge in [-0.3, -0.25) is 0 Å². The van der Waals surface area contributed by atoms with Crippen molar-refractivity contribution in [2.24, 2.45) is 0 Å². The second-order valence-corrected chi connectivity index (χ2v) is 0.283. The van der Waals surface area contributed by atoms with Crippen molar-refractivity contribution in [3.8, 4) is 0 Å². The van der Waals surface area contributed by atoms with Gasteiger partial charge in [0, 0.05) is 22.4 Å². The van der Waals surface area contributed by atoms with Crippen LogP contribution in [0.5, 0.6) is 0 Å². The molecular formula is CH4AuCaO3. The third-order valence-electron chi connectivity index (χ3n) is 0. The van der Waals surface area contributed by atoms with Crippen LogP contribution in [0.15, 0.2) is 0 Å². The molecule has 6 heavy (non-hydrogen) atoms. The first-order chi connectivity index (χ1) is 1.73. The summed E-state index contributed by atoms with van der Waals surface area (Å²) >= 11 is 0. The Morgan fingerprint density at radius 1 is 1.33 bits per heavy atom. The molecule has 0 bridgehead atoms. The van der Waals surface area contributed by atoms with E-state index >= 15 is 0 Å². The Bertz CT molecular complexity index is 33.8. The minimum absolute atomic E-state index is 0. The second-order valence-electron chi connectivity index (χ2n) is 0.283. The molecule has 0 unspecified atom stereocenters. The maximum atomic E-state index is 8.56. The maximum absolute atomic E-state index is 8.56. The van der Waals surface area contributed by atoms with Gasteiger partial charge in [-0.15, -0.1) is 0 Å². The van der Waals surface area contributed by atoms with Gasteiger partial charge in [0.2, 0.25) is 0 Å². The summed E-state index contributed by atoms with van der Waals surface area (Å²) < 4.78 is 0. The summed E-state index contributed by atoms with van der Waals surface area (Å²) in [6.07, 6.45) is -1.83. The van der Waals surface area contributed by atoms with Crippen molar-refractivity contribution in [3.05, 3.63) is 0 Å². The van der Waals surface area contributed by atoms with Gasteiger partial charge in [-0.05, 0) is 0 Å². The zero-order chi connectivity index (χ0) is 3.58. The summed E-state index contributed by atoms with van der Waals surface area (Å²) in [5.41, 5.74) is 0. The number of rotatable bonds is 0. The molecule has 39 valence electrons. The summed E-state index contributed by atoms with van der Waals surface area (Å²) in [5, 5.41) is 13.9. The first-order valence-corrected chi connectivity index (χ1v) is 0.651. The Morgan fingerprint density at radius 3 is 1.33 bits per heavy atom. The summed E-state index contributed by atoms with van der Waals surface area (Å²) in [5.74, 6) is 0. The fourth-order valence-corrected chi connectivity index (χ4v) is 0. The average Bonchev–Trinajstić information content (AvgIpc) is 0.811. The number of carbonyl (C=O) groups is 1. The second kappa shape index (κ2) is 9.55. The van der Waals surface area contributed by atoms with E-state index in [1.807, 2.05) is 0 Å². The molecule has 0 aromatic carbocycles. The van der Waals surface area contributed by atoms with Crippen LogP contribution in [-0.4, -0.2) is 54.1 Å². The fourth-order valence-electron chi connectivity index (χ4n) is 0. The standard InChI is InChI=1S/CH2O3.Au.Ca.2H/c2-1(3)4;;;;/h(H2,2,3,4);;;;. The van der Waals surface area contributed by atoms with Crippen LogP contribution in [0.4, 0.5) is 4.79 Å². The zero-order valence-electron chi connectivity index (χ0n) is 2.10. The Hall–Kier alpha value is 1.27. The average molecular weight is 301 g/mol. The molecule has 0 aromatic rings. The molecular weight excluding hydrogens is 297 g/mol. The monoisotopic (exact) mass is 301 g/mol. The van der Waals surface area contributed by atoms with E-state index in [2.05, 4.69) is 0 Å². The third-order valence-corrected chi connectivity index (χ3v) is 0. The van der Waals surface area contributed by atoms with E-state index < -0.39 is 6.16 Å². The van der Waals surface area contributed by atoms with E-state index in [0.717, 1.165) is 0 Å². The van der Waals surface area contributed by atoms with Crippen molar-refractivity contribution in [2.45, 2.75) is 0 Å². The van der Waals surface area contributed by atoms with Gasteiger partial charge in [-0.1, -0.05) is 0 Å². The Kier molecular flexibility index (Phi) is 25.0. The molecule has 0 fully saturated rings. The van der Waals surface area contributed by atoms with Gasteiger partial charge in [0.1, 0.15) is 0 Å². The Labute approximate surface area is 80.2 Å². The van der Waals surface area contributed by atoms with Gasteiger partial charge in [-0.2, -0.15) is 0 Å². The van der Waals surface area contributed by atoms with E-state index in [9.17, 15) is 0 Å². The van der Waals surface area contributed by atoms with Crippen LogP contribution in [0.1, 0.15) is 0 Å². The van der Waals surface area contributed by atoms with E-state index in [1.54, 1.807) is 0 Å². The van der Waals surface area contributed by atoms with Crippen molar-refractivity contribution in [3.63, 3.8) is 0 Å². The molecule has 0 amide bonds. The van der Waals surface area contributed by atoms with Crippen molar-refractivity contribution in [2.75, 3.05) is 0 Å². The molecule has 0 spiro atoms. The van der Waals surface area contributed by atoms with E-state index in [-0.39, 0.29) is 60.1 Å². The van der Waals surface area contributed by atoms with E-state index in [0.29, 0.717) is 0 Å². The molecule has 2 N–H and O–H groups in total. The van der Waals surface area contributed by atoms with Gasteiger partial charge in [0.25, 0.3) is 0 Å². The molecule has 0 atom stereocenters. The molecule has 1 radical (unpaired) electrons. The summed E-state index contributed by atoms with van der Waals surface area (Å²) in [4.78, 5) is 8.56. The van der Waals surface area contributed by atoms with E-state index in [1.165, 1.54) is 0 Å². The van der Waals surface area contributed by atoms with Gasteiger partial charge in [0.05, 0.1) is 0 Å². The van der Waals surface area contributed by atoms with E-state index in [4.69, 9.17) is 15.0 Å². The van der Waals surface area contributed by atoms with Crippen LogP contribution < -0.4 is 0 Å². The van der Waals surface area contributed by atoms with Gasteiger partial charge < -0.3 is 10.2 Å². The van der Waals surface area contributed by atoms with Gasteiger partial charge >= 0.3 is 43.9 Å². The summed E-state index contributed by atoms with van der Waals surface area (Å²) in [6, 6.07) is 0.